The van der Waals surface area contributed by atoms with Gasteiger partial charge in [0, 0.05) is 42.6 Å². The molecule has 3 aromatic rings. The average molecular weight is 365 g/mol. The quantitative estimate of drug-likeness (QED) is 0.755. The van der Waals surface area contributed by atoms with Gasteiger partial charge in [-0.05, 0) is 24.3 Å². The van der Waals surface area contributed by atoms with Crippen molar-refractivity contribution < 1.29 is 4.79 Å². The predicted molar refractivity (Wildman–Crippen MR) is 109 cm³/mol. The minimum Gasteiger partial charge on any atom is -0.349 e. The molecule has 3 atom stereocenters. The lowest BCUT2D eigenvalue weighted by molar-refractivity contribution is 0.0892. The Hall–Kier alpha value is -2.56. The second-order valence-corrected chi connectivity index (χ2v) is 8.11. The summed E-state index contributed by atoms with van der Waals surface area (Å²) < 4.78 is 3.41. The molecule has 1 amide bonds. The Kier molecular flexibility index (Phi) is 4.33. The fourth-order valence-electron chi connectivity index (χ4n) is 4.60. The van der Waals surface area contributed by atoms with Gasteiger partial charge in [0.25, 0.3) is 11.5 Å². The van der Waals surface area contributed by atoms with Crippen LogP contribution in [0.25, 0.3) is 21.8 Å². The first-order chi connectivity index (χ1) is 12.9. The monoisotopic (exact) mass is 365 g/mol. The zero-order valence-electron chi connectivity index (χ0n) is 16.5. The van der Waals surface area contributed by atoms with Crippen LogP contribution in [0.15, 0.2) is 35.3 Å². The Morgan fingerprint density at radius 1 is 1.15 bits per heavy atom. The molecule has 0 bridgehead atoms. The van der Waals surface area contributed by atoms with E-state index in [1.807, 2.05) is 35.9 Å². The van der Waals surface area contributed by atoms with Crippen molar-refractivity contribution in [2.24, 2.45) is 25.9 Å². The molecule has 3 unspecified atom stereocenters. The van der Waals surface area contributed by atoms with E-state index in [0.717, 1.165) is 29.1 Å². The molecule has 1 aliphatic carbocycles. The van der Waals surface area contributed by atoms with Crippen molar-refractivity contribution in [1.29, 1.82) is 0 Å². The molecule has 4 rings (SSSR count). The van der Waals surface area contributed by atoms with Gasteiger partial charge in [0.15, 0.2) is 0 Å². The molecule has 27 heavy (non-hydrogen) atoms. The van der Waals surface area contributed by atoms with Crippen LogP contribution >= 0.6 is 0 Å². The summed E-state index contributed by atoms with van der Waals surface area (Å²) in [5.74, 6) is 0.984. The normalized spacial score (nSPS) is 23.0. The van der Waals surface area contributed by atoms with Gasteiger partial charge in [0.2, 0.25) is 0 Å². The van der Waals surface area contributed by atoms with Crippen molar-refractivity contribution in [1.82, 2.24) is 14.5 Å². The Morgan fingerprint density at radius 3 is 2.67 bits per heavy atom. The fourth-order valence-corrected chi connectivity index (χ4v) is 4.60. The summed E-state index contributed by atoms with van der Waals surface area (Å²) in [4.78, 5) is 26.0. The van der Waals surface area contributed by atoms with Crippen molar-refractivity contribution in [3.05, 3.63) is 46.4 Å². The zero-order chi connectivity index (χ0) is 19.3. The van der Waals surface area contributed by atoms with Gasteiger partial charge < -0.3 is 14.5 Å². The first kappa shape index (κ1) is 17.8. The summed E-state index contributed by atoms with van der Waals surface area (Å²) in [6, 6.07) is 8.06. The van der Waals surface area contributed by atoms with Crippen molar-refractivity contribution in [2.75, 3.05) is 0 Å². The molecule has 1 saturated carbocycles. The Bertz CT molecular complexity index is 1090. The number of fused-ring (bicyclic) bond motifs is 3. The number of benzene rings is 1. The summed E-state index contributed by atoms with van der Waals surface area (Å²) in [5.41, 5.74) is 2.04. The number of pyridine rings is 1. The first-order valence-electron chi connectivity index (χ1n) is 9.77. The van der Waals surface area contributed by atoms with Gasteiger partial charge in [-0.1, -0.05) is 44.9 Å². The molecule has 0 saturated heterocycles. The number of hydrogen-bond acceptors (Lipinski definition) is 2. The zero-order valence-corrected chi connectivity index (χ0v) is 16.5. The van der Waals surface area contributed by atoms with E-state index in [0.29, 0.717) is 22.9 Å². The highest BCUT2D eigenvalue weighted by molar-refractivity contribution is 6.17. The molecular weight excluding hydrogens is 338 g/mol. The van der Waals surface area contributed by atoms with Crippen LogP contribution in [-0.4, -0.2) is 21.1 Å². The molecule has 1 aliphatic rings. The minimum atomic E-state index is -0.0853. The summed E-state index contributed by atoms with van der Waals surface area (Å²) >= 11 is 0. The van der Waals surface area contributed by atoms with Crippen molar-refractivity contribution in [2.45, 2.75) is 39.2 Å². The molecule has 1 fully saturated rings. The molecule has 142 valence electrons. The molecule has 0 aliphatic heterocycles. The Morgan fingerprint density at radius 2 is 1.89 bits per heavy atom. The van der Waals surface area contributed by atoms with Crippen LogP contribution in [0, 0.1) is 11.8 Å². The van der Waals surface area contributed by atoms with Crippen molar-refractivity contribution in [3.8, 4) is 0 Å². The molecule has 5 nitrogen and oxygen atoms in total. The lowest BCUT2D eigenvalue weighted by atomic mass is 9.78. The van der Waals surface area contributed by atoms with Gasteiger partial charge in [-0.15, -0.1) is 0 Å². The van der Waals surface area contributed by atoms with Gasteiger partial charge >= 0.3 is 0 Å². The summed E-state index contributed by atoms with van der Waals surface area (Å²) in [7, 11) is 3.60. The van der Waals surface area contributed by atoms with E-state index in [-0.39, 0.29) is 17.5 Å². The van der Waals surface area contributed by atoms with Crippen LogP contribution in [0.4, 0.5) is 0 Å². The standard InChI is InChI=1S/C22H27N3O2/c1-13-8-7-10-17(14(13)2)23-21(26)16-12-24(3)22(27)20-19(16)15-9-5-6-11-18(15)25(20)4/h5-6,9,11-14,17H,7-8,10H2,1-4H3,(H,23,26). The van der Waals surface area contributed by atoms with Crippen LogP contribution in [-0.2, 0) is 14.1 Å². The number of nitrogens with one attached hydrogen (secondary N) is 1. The van der Waals surface area contributed by atoms with E-state index in [9.17, 15) is 9.59 Å². The number of para-hydroxylation sites is 1. The maximum absolute atomic E-state index is 13.3. The number of aryl methyl sites for hydroxylation is 2. The van der Waals surface area contributed by atoms with Gasteiger partial charge in [-0.25, -0.2) is 0 Å². The number of amides is 1. The number of carbonyl (C=O) groups is 1. The summed E-state index contributed by atoms with van der Waals surface area (Å²) in [5, 5.41) is 4.97. The first-order valence-corrected chi connectivity index (χ1v) is 9.77. The van der Waals surface area contributed by atoms with Gasteiger partial charge in [-0.3, -0.25) is 9.59 Å². The minimum absolute atomic E-state index is 0.0834. The van der Waals surface area contributed by atoms with E-state index < -0.39 is 0 Å². The van der Waals surface area contributed by atoms with Crippen LogP contribution in [0.3, 0.4) is 0 Å². The second-order valence-electron chi connectivity index (χ2n) is 8.11. The molecule has 5 heteroatoms. The SMILES string of the molecule is CC1CCCC(NC(=O)c2cn(C)c(=O)c3c2c2ccccc2n3C)C1C. The lowest BCUT2D eigenvalue weighted by Crippen LogP contribution is -2.44. The molecule has 1 N–H and O–H groups in total. The summed E-state index contributed by atoms with van der Waals surface area (Å²) in [6.45, 7) is 4.49. The van der Waals surface area contributed by atoms with E-state index >= 15 is 0 Å². The van der Waals surface area contributed by atoms with Gasteiger partial charge in [0.1, 0.15) is 5.52 Å². The summed E-state index contributed by atoms with van der Waals surface area (Å²) in [6.07, 6.45) is 5.07. The molecule has 2 aromatic heterocycles. The third-order valence-electron chi connectivity index (χ3n) is 6.49. The molecule has 0 spiro atoms. The largest absolute Gasteiger partial charge is 0.349 e. The third-order valence-corrected chi connectivity index (χ3v) is 6.49. The van der Waals surface area contributed by atoms with E-state index in [1.165, 1.54) is 11.0 Å². The van der Waals surface area contributed by atoms with Crippen molar-refractivity contribution >= 4 is 27.7 Å². The molecular formula is C22H27N3O2. The Balaban J connectivity index is 1.86. The van der Waals surface area contributed by atoms with Crippen LogP contribution in [0.1, 0.15) is 43.5 Å². The second kappa shape index (κ2) is 6.55. The number of hydrogen-bond donors (Lipinski definition) is 1. The van der Waals surface area contributed by atoms with Crippen molar-refractivity contribution in [3.63, 3.8) is 0 Å². The van der Waals surface area contributed by atoms with E-state index in [2.05, 4.69) is 19.2 Å². The highest BCUT2D eigenvalue weighted by Crippen LogP contribution is 2.31. The third kappa shape index (κ3) is 2.76. The molecule has 2 heterocycles. The molecule has 1 aromatic carbocycles. The highest BCUT2D eigenvalue weighted by atomic mass is 16.2. The van der Waals surface area contributed by atoms with E-state index in [1.54, 1.807) is 13.2 Å². The molecule has 0 radical (unpaired) electrons. The number of nitrogens with zero attached hydrogens (tertiary/aromatic N) is 2. The predicted octanol–water partition coefficient (Wildman–Crippen LogP) is 3.58. The van der Waals surface area contributed by atoms with Gasteiger partial charge in [-0.2, -0.15) is 0 Å². The van der Waals surface area contributed by atoms with Crippen LogP contribution in [0.5, 0.6) is 0 Å². The Labute approximate surface area is 159 Å². The van der Waals surface area contributed by atoms with Crippen LogP contribution in [0.2, 0.25) is 0 Å². The smallest absolute Gasteiger partial charge is 0.274 e. The van der Waals surface area contributed by atoms with Gasteiger partial charge in [0.05, 0.1) is 5.56 Å². The number of aromatic nitrogens is 2. The maximum atomic E-state index is 13.3. The average Bonchev–Trinajstić information content (AvgIpc) is 2.95. The number of rotatable bonds is 2. The lowest BCUT2D eigenvalue weighted by Gasteiger charge is -2.34. The fraction of sp³-hybridized carbons (Fsp3) is 0.455. The number of carbonyl (C=O) groups excluding carboxylic acids is 1. The highest BCUT2D eigenvalue weighted by Gasteiger charge is 2.29. The van der Waals surface area contributed by atoms with E-state index in [4.69, 9.17) is 0 Å². The maximum Gasteiger partial charge on any atom is 0.274 e. The topological polar surface area (TPSA) is 56.0 Å². The van der Waals surface area contributed by atoms with Crippen LogP contribution < -0.4 is 10.9 Å².